The molecule has 0 unspecified atom stereocenters. The van der Waals surface area contributed by atoms with Gasteiger partial charge >= 0.3 is 5.97 Å². The summed E-state index contributed by atoms with van der Waals surface area (Å²) in [5.74, 6) is -0.786. The van der Waals surface area contributed by atoms with Crippen LogP contribution in [0.2, 0.25) is 0 Å². The summed E-state index contributed by atoms with van der Waals surface area (Å²) in [6.07, 6.45) is 2.17. The third-order valence-electron chi connectivity index (χ3n) is 3.03. The zero-order valence-electron chi connectivity index (χ0n) is 10.4. The fraction of sp³-hybridized carbons (Fsp3) is 0.357. The number of benzene rings is 1. The van der Waals surface area contributed by atoms with Crippen molar-refractivity contribution in [1.82, 2.24) is 4.57 Å². The molecule has 17 heavy (non-hydrogen) atoms. The minimum atomic E-state index is -0.786. The maximum absolute atomic E-state index is 10.9. The summed E-state index contributed by atoms with van der Waals surface area (Å²) in [5, 5.41) is 10.1. The number of para-hydroxylation sites is 1. The summed E-state index contributed by atoms with van der Waals surface area (Å²) in [7, 11) is 0. The molecule has 0 aliphatic rings. The smallest absolute Gasteiger partial charge is 0.307 e. The van der Waals surface area contributed by atoms with Crippen molar-refractivity contribution in [1.29, 1.82) is 0 Å². The number of hydrogen-bond acceptors (Lipinski definition) is 1. The van der Waals surface area contributed by atoms with Crippen molar-refractivity contribution in [3.63, 3.8) is 0 Å². The van der Waals surface area contributed by atoms with E-state index in [1.165, 1.54) is 5.56 Å². The molecule has 1 N–H and O–H groups in total. The van der Waals surface area contributed by atoms with Crippen LogP contribution in [-0.2, 0) is 11.2 Å². The van der Waals surface area contributed by atoms with Gasteiger partial charge in [0.15, 0.2) is 0 Å². The molecule has 0 aliphatic heterocycles. The molecular weight excluding hydrogens is 214 g/mol. The fourth-order valence-corrected chi connectivity index (χ4v) is 2.27. The minimum absolute atomic E-state index is 0.0769. The minimum Gasteiger partial charge on any atom is -0.481 e. The highest BCUT2D eigenvalue weighted by Gasteiger charge is 2.13. The van der Waals surface area contributed by atoms with Crippen molar-refractivity contribution in [2.24, 2.45) is 0 Å². The number of carboxylic acids is 1. The Morgan fingerprint density at radius 2 is 2.12 bits per heavy atom. The van der Waals surface area contributed by atoms with Crippen LogP contribution in [0.4, 0.5) is 0 Å². The predicted octanol–water partition coefficient (Wildman–Crippen LogP) is 3.16. The lowest BCUT2D eigenvalue weighted by atomic mass is 10.1. The third-order valence-corrected chi connectivity index (χ3v) is 3.03. The van der Waals surface area contributed by atoms with Crippen LogP contribution < -0.4 is 0 Å². The first-order chi connectivity index (χ1) is 8.00. The number of rotatable bonds is 3. The average molecular weight is 231 g/mol. The first-order valence-corrected chi connectivity index (χ1v) is 5.81. The molecule has 1 aromatic heterocycles. The summed E-state index contributed by atoms with van der Waals surface area (Å²) in [6.45, 7) is 6.28. The fourth-order valence-electron chi connectivity index (χ4n) is 2.27. The Morgan fingerprint density at radius 3 is 2.71 bits per heavy atom. The zero-order chi connectivity index (χ0) is 12.6. The van der Waals surface area contributed by atoms with Gasteiger partial charge in [-0.25, -0.2) is 0 Å². The second-order valence-electron chi connectivity index (χ2n) is 4.70. The molecule has 0 saturated heterocycles. The Hall–Kier alpha value is -1.77. The lowest BCUT2D eigenvalue weighted by Crippen LogP contribution is -2.05. The molecular formula is C14H17NO2. The lowest BCUT2D eigenvalue weighted by Gasteiger charge is -2.12. The Balaban J connectivity index is 2.71. The molecule has 0 bridgehead atoms. The van der Waals surface area contributed by atoms with Gasteiger partial charge in [-0.3, -0.25) is 4.79 Å². The number of aromatic nitrogens is 1. The van der Waals surface area contributed by atoms with E-state index in [-0.39, 0.29) is 6.42 Å². The summed E-state index contributed by atoms with van der Waals surface area (Å²) in [5.41, 5.74) is 3.14. The molecule has 0 radical (unpaired) electrons. The molecule has 1 aromatic carbocycles. The second kappa shape index (κ2) is 4.24. The molecule has 0 saturated carbocycles. The van der Waals surface area contributed by atoms with Crippen LogP contribution in [0.5, 0.6) is 0 Å². The lowest BCUT2D eigenvalue weighted by molar-refractivity contribution is -0.136. The number of carbonyl (C=O) groups is 1. The highest BCUT2D eigenvalue weighted by atomic mass is 16.4. The molecule has 0 aliphatic carbocycles. The van der Waals surface area contributed by atoms with Crippen LogP contribution in [-0.4, -0.2) is 15.6 Å². The highest BCUT2D eigenvalue weighted by Crippen LogP contribution is 2.27. The molecule has 0 atom stereocenters. The van der Waals surface area contributed by atoms with Gasteiger partial charge in [-0.1, -0.05) is 18.2 Å². The van der Waals surface area contributed by atoms with Crippen LogP contribution in [0.25, 0.3) is 10.9 Å². The first kappa shape index (κ1) is 11.7. The van der Waals surface area contributed by atoms with Gasteiger partial charge in [-0.15, -0.1) is 0 Å². The van der Waals surface area contributed by atoms with Crippen molar-refractivity contribution in [2.45, 2.75) is 33.2 Å². The standard InChI is InChI=1S/C14H17NO2/c1-9(2)15-8-10(3)12-6-4-5-11(14(12)15)7-13(16)17/h4-6,8-9H,7H2,1-3H3,(H,16,17). The first-order valence-electron chi connectivity index (χ1n) is 5.81. The second-order valence-corrected chi connectivity index (χ2v) is 4.70. The van der Waals surface area contributed by atoms with E-state index in [4.69, 9.17) is 5.11 Å². The normalized spacial score (nSPS) is 11.3. The van der Waals surface area contributed by atoms with E-state index in [1.54, 1.807) is 0 Å². The Bertz CT molecular complexity index is 567. The van der Waals surface area contributed by atoms with E-state index < -0.39 is 5.97 Å². The Morgan fingerprint density at radius 1 is 1.41 bits per heavy atom. The molecule has 2 rings (SSSR count). The SMILES string of the molecule is Cc1cn(C(C)C)c2c(CC(=O)O)cccc12. The van der Waals surface area contributed by atoms with E-state index in [0.717, 1.165) is 16.5 Å². The number of carboxylic acid groups (broad SMARTS) is 1. The molecule has 3 heteroatoms. The summed E-state index contributed by atoms with van der Waals surface area (Å²) < 4.78 is 2.16. The van der Waals surface area contributed by atoms with Crippen molar-refractivity contribution < 1.29 is 9.90 Å². The molecule has 1 heterocycles. The average Bonchev–Trinajstić information content (AvgIpc) is 2.57. The summed E-state index contributed by atoms with van der Waals surface area (Å²) in [6, 6.07) is 6.21. The number of nitrogens with zero attached hydrogens (tertiary/aromatic N) is 1. The number of aryl methyl sites for hydroxylation is 1. The zero-order valence-corrected chi connectivity index (χ0v) is 10.4. The van der Waals surface area contributed by atoms with E-state index in [0.29, 0.717) is 6.04 Å². The number of aliphatic carboxylic acids is 1. The highest BCUT2D eigenvalue weighted by molar-refractivity contribution is 5.89. The van der Waals surface area contributed by atoms with Crippen LogP contribution >= 0.6 is 0 Å². The van der Waals surface area contributed by atoms with Crippen molar-refractivity contribution in [3.05, 3.63) is 35.5 Å². The molecule has 0 amide bonds. The van der Waals surface area contributed by atoms with Gasteiger partial charge in [0.05, 0.1) is 11.9 Å². The molecule has 2 aromatic rings. The van der Waals surface area contributed by atoms with Crippen LogP contribution in [0.3, 0.4) is 0 Å². The van der Waals surface area contributed by atoms with E-state index >= 15 is 0 Å². The summed E-state index contributed by atoms with van der Waals surface area (Å²) >= 11 is 0. The van der Waals surface area contributed by atoms with Gasteiger partial charge in [0.25, 0.3) is 0 Å². The van der Waals surface area contributed by atoms with Crippen LogP contribution in [0, 0.1) is 6.92 Å². The molecule has 90 valence electrons. The topological polar surface area (TPSA) is 42.2 Å². The maximum atomic E-state index is 10.9. The van der Waals surface area contributed by atoms with Gasteiger partial charge in [0, 0.05) is 17.6 Å². The van der Waals surface area contributed by atoms with Crippen LogP contribution in [0.15, 0.2) is 24.4 Å². The number of fused-ring (bicyclic) bond motifs is 1. The third kappa shape index (κ3) is 2.05. The van der Waals surface area contributed by atoms with Crippen LogP contribution in [0.1, 0.15) is 31.0 Å². The quantitative estimate of drug-likeness (QED) is 0.881. The van der Waals surface area contributed by atoms with Crippen molar-refractivity contribution in [2.75, 3.05) is 0 Å². The van der Waals surface area contributed by atoms with Gasteiger partial charge < -0.3 is 9.67 Å². The Labute approximate surface area is 101 Å². The van der Waals surface area contributed by atoms with Gasteiger partial charge in [0.2, 0.25) is 0 Å². The predicted molar refractivity (Wildman–Crippen MR) is 68.4 cm³/mol. The molecule has 0 fully saturated rings. The van der Waals surface area contributed by atoms with Gasteiger partial charge in [0.1, 0.15) is 0 Å². The van der Waals surface area contributed by atoms with E-state index in [1.807, 2.05) is 12.1 Å². The largest absolute Gasteiger partial charge is 0.481 e. The van der Waals surface area contributed by atoms with Gasteiger partial charge in [-0.05, 0) is 31.9 Å². The monoisotopic (exact) mass is 231 g/mol. The summed E-state index contributed by atoms with van der Waals surface area (Å²) in [4.78, 5) is 10.9. The van der Waals surface area contributed by atoms with E-state index in [9.17, 15) is 4.79 Å². The molecule has 3 nitrogen and oxygen atoms in total. The van der Waals surface area contributed by atoms with E-state index in [2.05, 4.69) is 37.6 Å². The Kier molecular flexibility index (Phi) is 2.92. The van der Waals surface area contributed by atoms with Crippen molar-refractivity contribution in [3.8, 4) is 0 Å². The van der Waals surface area contributed by atoms with Gasteiger partial charge in [-0.2, -0.15) is 0 Å². The van der Waals surface area contributed by atoms with Crippen molar-refractivity contribution >= 4 is 16.9 Å². The maximum Gasteiger partial charge on any atom is 0.307 e. The number of hydrogen-bond donors (Lipinski definition) is 1. The molecule has 0 spiro atoms.